The van der Waals surface area contributed by atoms with Gasteiger partial charge in [0.05, 0.1) is 5.92 Å². The largest absolute Gasteiger partial charge is 0.339 e. The molecule has 0 aliphatic carbocycles. The smallest absolute Gasteiger partial charge is 0.252 e. The Bertz CT molecular complexity index is 1170. The Morgan fingerprint density at radius 1 is 1.32 bits per heavy atom. The lowest BCUT2D eigenvalue weighted by atomic mass is 9.98. The van der Waals surface area contributed by atoms with E-state index in [1.165, 1.54) is 9.87 Å². The Labute approximate surface area is 185 Å². The Morgan fingerprint density at radius 3 is 2.77 bits per heavy atom. The average Bonchev–Trinajstić information content (AvgIpc) is 3.44. The Hall–Kier alpha value is -2.56. The molecule has 8 nitrogen and oxygen atoms in total. The first-order chi connectivity index (χ1) is 14.9. The van der Waals surface area contributed by atoms with Crippen LogP contribution in [0.4, 0.5) is 5.69 Å². The van der Waals surface area contributed by atoms with Crippen molar-refractivity contribution >= 4 is 33.0 Å². The molecule has 1 N–H and O–H groups in total. The fourth-order valence-electron chi connectivity index (χ4n) is 3.56. The average molecular weight is 461 g/mol. The zero-order valence-electron chi connectivity index (χ0n) is 17.4. The summed E-state index contributed by atoms with van der Waals surface area (Å²) < 4.78 is 32.9. The fraction of sp³-hybridized carbons (Fsp3) is 0.381. The van der Waals surface area contributed by atoms with Crippen molar-refractivity contribution in [2.75, 3.05) is 18.4 Å². The maximum Gasteiger partial charge on any atom is 0.252 e. The summed E-state index contributed by atoms with van der Waals surface area (Å²) in [4.78, 5) is 16.9. The lowest BCUT2D eigenvalue weighted by Gasteiger charge is -2.30. The molecule has 0 spiro atoms. The number of rotatable bonds is 6. The van der Waals surface area contributed by atoms with Crippen LogP contribution in [0.5, 0.6) is 0 Å². The zero-order valence-corrected chi connectivity index (χ0v) is 19.0. The van der Waals surface area contributed by atoms with E-state index in [0.717, 1.165) is 23.4 Å². The topological polar surface area (TPSA) is 105 Å². The van der Waals surface area contributed by atoms with E-state index in [0.29, 0.717) is 36.7 Å². The molecule has 1 aromatic carbocycles. The summed E-state index contributed by atoms with van der Waals surface area (Å²) in [5, 5.41) is 8.46. The van der Waals surface area contributed by atoms with Crippen LogP contribution in [0.2, 0.25) is 0 Å². The summed E-state index contributed by atoms with van der Waals surface area (Å²) in [5.74, 6) is 0.229. The van der Waals surface area contributed by atoms with Crippen molar-refractivity contribution in [3.8, 4) is 11.4 Å². The number of sulfonamides is 1. The molecular weight excluding hydrogens is 436 g/mol. The third-order valence-electron chi connectivity index (χ3n) is 5.34. The number of aromatic nitrogens is 2. The van der Waals surface area contributed by atoms with Crippen LogP contribution in [0, 0.1) is 12.8 Å². The van der Waals surface area contributed by atoms with E-state index >= 15 is 0 Å². The molecule has 31 heavy (non-hydrogen) atoms. The molecule has 0 unspecified atom stereocenters. The molecule has 4 rings (SSSR count). The molecule has 2 aromatic heterocycles. The number of nitrogens with one attached hydrogen (secondary N) is 1. The number of nitrogens with zero attached hydrogens (tertiary/aromatic N) is 3. The number of carbonyl (C=O) groups excluding carboxylic acids is 1. The van der Waals surface area contributed by atoms with E-state index in [-0.39, 0.29) is 16.7 Å². The van der Waals surface area contributed by atoms with Gasteiger partial charge < -0.3 is 9.84 Å². The van der Waals surface area contributed by atoms with Crippen molar-refractivity contribution in [3.05, 3.63) is 47.2 Å². The number of hydrogen-bond acceptors (Lipinski definition) is 7. The summed E-state index contributed by atoms with van der Waals surface area (Å²) >= 11 is 1.12. The minimum absolute atomic E-state index is 0.154. The number of hydrogen-bond donors (Lipinski definition) is 1. The van der Waals surface area contributed by atoms with Gasteiger partial charge in [0, 0.05) is 36.6 Å². The number of aryl methyl sites for hydroxylation is 2. The maximum absolute atomic E-state index is 13.2. The van der Waals surface area contributed by atoms with E-state index in [1.807, 2.05) is 24.3 Å². The van der Waals surface area contributed by atoms with Crippen molar-refractivity contribution in [1.82, 2.24) is 14.4 Å². The minimum atomic E-state index is -3.71. The molecule has 1 atom stereocenters. The van der Waals surface area contributed by atoms with Crippen LogP contribution >= 0.6 is 11.3 Å². The van der Waals surface area contributed by atoms with Gasteiger partial charge in [0.1, 0.15) is 4.21 Å². The van der Waals surface area contributed by atoms with Crippen molar-refractivity contribution < 1.29 is 17.7 Å². The van der Waals surface area contributed by atoms with Gasteiger partial charge in [-0.1, -0.05) is 24.2 Å². The van der Waals surface area contributed by atoms with Gasteiger partial charge in [-0.25, -0.2) is 8.42 Å². The van der Waals surface area contributed by atoms with Gasteiger partial charge >= 0.3 is 0 Å². The second-order valence-corrected chi connectivity index (χ2v) is 10.6. The Kier molecular flexibility index (Phi) is 6.22. The van der Waals surface area contributed by atoms with E-state index in [2.05, 4.69) is 22.4 Å². The van der Waals surface area contributed by atoms with Crippen LogP contribution in [-0.2, 0) is 21.2 Å². The highest BCUT2D eigenvalue weighted by Gasteiger charge is 2.34. The van der Waals surface area contributed by atoms with E-state index < -0.39 is 15.9 Å². The van der Waals surface area contributed by atoms with Crippen LogP contribution < -0.4 is 5.32 Å². The van der Waals surface area contributed by atoms with Gasteiger partial charge in [0.15, 0.2) is 0 Å². The van der Waals surface area contributed by atoms with E-state index in [9.17, 15) is 13.2 Å². The molecule has 164 valence electrons. The van der Waals surface area contributed by atoms with Crippen molar-refractivity contribution in [2.45, 2.75) is 37.3 Å². The molecule has 3 heterocycles. The zero-order chi connectivity index (χ0) is 22.0. The molecule has 1 saturated heterocycles. The first-order valence-corrected chi connectivity index (χ1v) is 12.5. The summed E-state index contributed by atoms with van der Waals surface area (Å²) in [6, 6.07) is 9.27. The van der Waals surface area contributed by atoms with Crippen molar-refractivity contribution in [3.63, 3.8) is 0 Å². The summed E-state index contributed by atoms with van der Waals surface area (Å²) in [6.45, 7) is 4.31. The summed E-state index contributed by atoms with van der Waals surface area (Å²) in [7, 11) is -3.71. The van der Waals surface area contributed by atoms with Gasteiger partial charge in [-0.05, 0) is 43.0 Å². The van der Waals surface area contributed by atoms with Crippen LogP contribution in [0.15, 0.2) is 44.4 Å². The molecule has 0 radical (unpaired) electrons. The van der Waals surface area contributed by atoms with Crippen molar-refractivity contribution in [2.24, 2.45) is 5.92 Å². The van der Waals surface area contributed by atoms with Gasteiger partial charge in [0.2, 0.25) is 17.6 Å². The highest BCUT2D eigenvalue weighted by Crippen LogP contribution is 2.31. The number of anilines is 1. The predicted octanol–water partition coefficient (Wildman–Crippen LogP) is 3.71. The monoisotopic (exact) mass is 460 g/mol. The van der Waals surface area contributed by atoms with Crippen molar-refractivity contribution in [1.29, 1.82) is 0 Å². The normalized spacial score (nSPS) is 17.5. The molecule has 1 fully saturated rings. The van der Waals surface area contributed by atoms with E-state index in [4.69, 9.17) is 4.52 Å². The quantitative estimate of drug-likeness (QED) is 0.601. The van der Waals surface area contributed by atoms with Crippen LogP contribution in [0.3, 0.4) is 0 Å². The lowest BCUT2D eigenvalue weighted by Crippen LogP contribution is -2.43. The van der Waals surface area contributed by atoms with E-state index in [1.54, 1.807) is 18.4 Å². The first-order valence-electron chi connectivity index (χ1n) is 10.2. The number of carbonyl (C=O) groups is 1. The molecule has 0 bridgehead atoms. The molecular formula is C21H24N4O4S2. The summed E-state index contributed by atoms with van der Waals surface area (Å²) in [5.41, 5.74) is 2.52. The lowest BCUT2D eigenvalue weighted by molar-refractivity contribution is -0.120. The van der Waals surface area contributed by atoms with Crippen LogP contribution in [-0.4, -0.2) is 41.9 Å². The highest BCUT2D eigenvalue weighted by atomic mass is 32.2. The van der Waals surface area contributed by atoms with Gasteiger partial charge in [0.25, 0.3) is 10.0 Å². The first kappa shape index (κ1) is 21.7. The SMILES string of the molecule is CCc1ccc(NC(=O)[C@@H]2CCCN(S(=O)(=O)c3cc(-c4noc(C)n4)cs3)C2)cc1. The second kappa shape index (κ2) is 8.89. The molecule has 1 aliphatic heterocycles. The Morgan fingerprint density at radius 2 is 2.10 bits per heavy atom. The highest BCUT2D eigenvalue weighted by molar-refractivity contribution is 7.91. The number of piperidine rings is 1. The summed E-state index contributed by atoms with van der Waals surface area (Å²) in [6.07, 6.45) is 2.22. The Balaban J connectivity index is 1.45. The van der Waals surface area contributed by atoms with Gasteiger partial charge in [-0.2, -0.15) is 9.29 Å². The molecule has 10 heteroatoms. The third-order valence-corrected chi connectivity index (χ3v) is 8.62. The predicted molar refractivity (Wildman–Crippen MR) is 118 cm³/mol. The second-order valence-electron chi connectivity index (χ2n) is 7.53. The molecule has 0 saturated carbocycles. The number of benzene rings is 1. The van der Waals surface area contributed by atoms with Crippen LogP contribution in [0.1, 0.15) is 31.2 Å². The standard InChI is InChI=1S/C21H24N4O4S2/c1-3-15-6-8-18(9-7-15)23-21(26)16-5-4-10-25(12-16)31(27,28)19-11-17(13-30-19)20-22-14(2)29-24-20/h6-9,11,13,16H,3-5,10,12H2,1-2H3,(H,23,26)/t16-/m1/s1. The van der Waals surface area contributed by atoms with Crippen LogP contribution in [0.25, 0.3) is 11.4 Å². The number of amides is 1. The minimum Gasteiger partial charge on any atom is -0.339 e. The van der Waals surface area contributed by atoms with Gasteiger partial charge in [-0.15, -0.1) is 11.3 Å². The third kappa shape index (κ3) is 4.70. The molecule has 3 aromatic rings. The fourth-order valence-corrected chi connectivity index (χ4v) is 6.39. The molecule has 1 amide bonds. The molecule has 1 aliphatic rings. The van der Waals surface area contributed by atoms with Gasteiger partial charge in [-0.3, -0.25) is 4.79 Å². The number of thiophene rings is 1. The maximum atomic E-state index is 13.2.